The summed E-state index contributed by atoms with van der Waals surface area (Å²) < 4.78 is 0. The molecule has 0 radical (unpaired) electrons. The Bertz CT molecular complexity index is 219. The van der Waals surface area contributed by atoms with Gasteiger partial charge in [0.05, 0.1) is 0 Å². The summed E-state index contributed by atoms with van der Waals surface area (Å²) >= 11 is 0. The van der Waals surface area contributed by atoms with Gasteiger partial charge >= 0.3 is 0 Å². The first-order valence-corrected chi connectivity index (χ1v) is 8.50. The van der Waals surface area contributed by atoms with Gasteiger partial charge in [0.2, 0.25) is 0 Å². The monoisotopic (exact) mass is 268 g/mol. The van der Waals surface area contributed by atoms with E-state index in [0.717, 1.165) is 12.5 Å². The number of hydrogen-bond donors (Lipinski definition) is 1. The maximum absolute atomic E-state index is 5.71. The van der Waals surface area contributed by atoms with Crippen molar-refractivity contribution < 1.29 is 0 Å². The normalized spacial score (nSPS) is 22.1. The van der Waals surface area contributed by atoms with E-state index in [4.69, 9.17) is 5.73 Å². The van der Waals surface area contributed by atoms with Crippen molar-refractivity contribution in [3.05, 3.63) is 0 Å². The molecule has 0 saturated carbocycles. The van der Waals surface area contributed by atoms with Gasteiger partial charge in [0.25, 0.3) is 0 Å². The van der Waals surface area contributed by atoms with Gasteiger partial charge in [0.15, 0.2) is 0 Å². The standard InChI is InChI=1S/C17H36N2/c1-4-7-16(9-12-18)8-5-13-19-14-6-10-17(2,3)11-15-19/h16H,4-15,18H2,1-3H3. The summed E-state index contributed by atoms with van der Waals surface area (Å²) in [6.45, 7) is 11.9. The summed E-state index contributed by atoms with van der Waals surface area (Å²) in [6, 6.07) is 0. The smallest absolute Gasteiger partial charge is 0.00136 e. The number of rotatable bonds is 8. The SMILES string of the molecule is CCCC(CCN)CCCN1CCCC(C)(C)CC1. The summed E-state index contributed by atoms with van der Waals surface area (Å²) in [5, 5.41) is 0. The summed E-state index contributed by atoms with van der Waals surface area (Å²) in [5.41, 5.74) is 6.28. The van der Waals surface area contributed by atoms with Crippen LogP contribution in [0, 0.1) is 11.3 Å². The Balaban J connectivity index is 2.20. The Morgan fingerprint density at radius 2 is 1.89 bits per heavy atom. The zero-order valence-corrected chi connectivity index (χ0v) is 13.6. The van der Waals surface area contributed by atoms with Crippen molar-refractivity contribution in [2.45, 2.75) is 72.1 Å². The van der Waals surface area contributed by atoms with Crippen molar-refractivity contribution in [3.8, 4) is 0 Å². The molecule has 2 nitrogen and oxygen atoms in total. The second kappa shape index (κ2) is 8.97. The third-order valence-corrected chi connectivity index (χ3v) is 4.79. The van der Waals surface area contributed by atoms with Crippen LogP contribution in [0.2, 0.25) is 0 Å². The molecule has 2 N–H and O–H groups in total. The highest BCUT2D eigenvalue weighted by molar-refractivity contribution is 4.76. The van der Waals surface area contributed by atoms with Crippen LogP contribution in [0.25, 0.3) is 0 Å². The van der Waals surface area contributed by atoms with Crippen molar-refractivity contribution in [2.24, 2.45) is 17.1 Å². The number of nitrogens with two attached hydrogens (primary N) is 1. The predicted molar refractivity (Wildman–Crippen MR) is 85.4 cm³/mol. The fourth-order valence-corrected chi connectivity index (χ4v) is 3.38. The number of hydrogen-bond acceptors (Lipinski definition) is 2. The van der Waals surface area contributed by atoms with E-state index in [9.17, 15) is 0 Å². The van der Waals surface area contributed by atoms with Gasteiger partial charge in [0, 0.05) is 0 Å². The van der Waals surface area contributed by atoms with Crippen LogP contribution >= 0.6 is 0 Å². The van der Waals surface area contributed by atoms with Crippen LogP contribution in [-0.4, -0.2) is 31.1 Å². The molecule has 1 aliphatic rings. The Hall–Kier alpha value is -0.0800. The molecule has 0 aromatic heterocycles. The summed E-state index contributed by atoms with van der Waals surface area (Å²) in [7, 11) is 0. The predicted octanol–water partition coefficient (Wildman–Crippen LogP) is 4.04. The highest BCUT2D eigenvalue weighted by Gasteiger charge is 2.22. The Labute approximate surface area is 121 Å². The van der Waals surface area contributed by atoms with Gasteiger partial charge in [-0.3, -0.25) is 0 Å². The van der Waals surface area contributed by atoms with Crippen molar-refractivity contribution in [2.75, 3.05) is 26.2 Å². The Kier molecular flexibility index (Phi) is 8.01. The first kappa shape index (κ1) is 17.0. The minimum Gasteiger partial charge on any atom is -0.330 e. The molecule has 0 aliphatic carbocycles. The van der Waals surface area contributed by atoms with Gasteiger partial charge in [-0.15, -0.1) is 0 Å². The molecule has 2 heteroatoms. The van der Waals surface area contributed by atoms with E-state index in [0.29, 0.717) is 5.41 Å². The minimum atomic E-state index is 0.568. The van der Waals surface area contributed by atoms with Gasteiger partial charge < -0.3 is 10.6 Å². The lowest BCUT2D eigenvalue weighted by atomic mass is 9.85. The molecule has 0 spiro atoms. The molecular weight excluding hydrogens is 232 g/mol. The van der Waals surface area contributed by atoms with E-state index < -0.39 is 0 Å². The van der Waals surface area contributed by atoms with E-state index in [1.165, 1.54) is 71.0 Å². The van der Waals surface area contributed by atoms with E-state index in [1.807, 2.05) is 0 Å². The Morgan fingerprint density at radius 3 is 2.58 bits per heavy atom. The second-order valence-electron chi connectivity index (χ2n) is 7.23. The molecule has 0 bridgehead atoms. The molecule has 1 saturated heterocycles. The third kappa shape index (κ3) is 7.31. The van der Waals surface area contributed by atoms with Gasteiger partial charge in [0.1, 0.15) is 0 Å². The number of nitrogens with zero attached hydrogens (tertiary/aromatic N) is 1. The van der Waals surface area contributed by atoms with Gasteiger partial charge in [-0.1, -0.05) is 33.6 Å². The van der Waals surface area contributed by atoms with Crippen molar-refractivity contribution in [1.82, 2.24) is 4.90 Å². The first-order chi connectivity index (χ1) is 9.07. The summed E-state index contributed by atoms with van der Waals surface area (Å²) in [4.78, 5) is 2.69. The lowest BCUT2D eigenvalue weighted by Gasteiger charge is -2.24. The molecule has 1 rings (SSSR count). The molecular formula is C17H36N2. The van der Waals surface area contributed by atoms with Crippen molar-refractivity contribution >= 4 is 0 Å². The fourth-order valence-electron chi connectivity index (χ4n) is 3.38. The summed E-state index contributed by atoms with van der Waals surface area (Å²) in [6.07, 6.45) is 10.8. The average Bonchev–Trinajstić information content (AvgIpc) is 2.51. The fraction of sp³-hybridized carbons (Fsp3) is 1.00. The maximum atomic E-state index is 5.71. The van der Waals surface area contributed by atoms with E-state index >= 15 is 0 Å². The van der Waals surface area contributed by atoms with E-state index in [-0.39, 0.29) is 0 Å². The van der Waals surface area contributed by atoms with Gasteiger partial charge in [-0.2, -0.15) is 0 Å². The largest absolute Gasteiger partial charge is 0.330 e. The van der Waals surface area contributed by atoms with Crippen LogP contribution in [0.15, 0.2) is 0 Å². The molecule has 1 aliphatic heterocycles. The van der Waals surface area contributed by atoms with E-state index in [2.05, 4.69) is 25.7 Å². The highest BCUT2D eigenvalue weighted by atomic mass is 15.1. The van der Waals surface area contributed by atoms with Gasteiger partial charge in [-0.05, 0) is 76.0 Å². The van der Waals surface area contributed by atoms with Crippen LogP contribution in [0.3, 0.4) is 0 Å². The minimum absolute atomic E-state index is 0.568. The molecule has 0 aromatic rings. The van der Waals surface area contributed by atoms with Crippen LogP contribution in [0.4, 0.5) is 0 Å². The quantitative estimate of drug-likeness (QED) is 0.720. The average molecular weight is 268 g/mol. The molecule has 1 atom stereocenters. The van der Waals surface area contributed by atoms with Crippen molar-refractivity contribution in [3.63, 3.8) is 0 Å². The van der Waals surface area contributed by atoms with Crippen LogP contribution in [0.5, 0.6) is 0 Å². The first-order valence-electron chi connectivity index (χ1n) is 8.50. The molecule has 114 valence electrons. The zero-order valence-electron chi connectivity index (χ0n) is 13.6. The molecule has 0 amide bonds. The maximum Gasteiger partial charge on any atom is -0.00136 e. The van der Waals surface area contributed by atoms with Crippen LogP contribution in [0.1, 0.15) is 72.1 Å². The lowest BCUT2D eigenvalue weighted by Crippen LogP contribution is -2.27. The Morgan fingerprint density at radius 1 is 1.11 bits per heavy atom. The van der Waals surface area contributed by atoms with Gasteiger partial charge in [-0.25, -0.2) is 0 Å². The lowest BCUT2D eigenvalue weighted by molar-refractivity contribution is 0.249. The topological polar surface area (TPSA) is 29.3 Å². The highest BCUT2D eigenvalue weighted by Crippen LogP contribution is 2.30. The summed E-state index contributed by atoms with van der Waals surface area (Å²) in [5.74, 6) is 0.874. The molecule has 1 fully saturated rings. The van der Waals surface area contributed by atoms with Crippen LogP contribution in [-0.2, 0) is 0 Å². The second-order valence-corrected chi connectivity index (χ2v) is 7.23. The molecule has 19 heavy (non-hydrogen) atoms. The zero-order chi connectivity index (χ0) is 14.1. The molecule has 0 aromatic carbocycles. The third-order valence-electron chi connectivity index (χ3n) is 4.79. The number of likely N-dealkylation sites (tertiary alicyclic amines) is 1. The van der Waals surface area contributed by atoms with Crippen LogP contribution < -0.4 is 5.73 Å². The molecule has 1 unspecified atom stereocenters. The molecule has 1 heterocycles. The van der Waals surface area contributed by atoms with Crippen molar-refractivity contribution in [1.29, 1.82) is 0 Å². The van der Waals surface area contributed by atoms with E-state index in [1.54, 1.807) is 0 Å².